The van der Waals surface area contributed by atoms with Crippen molar-refractivity contribution in [2.24, 2.45) is 0 Å². The molecule has 0 bridgehead atoms. The average molecular weight is 380 g/mol. The maximum absolute atomic E-state index is 12.4. The second-order valence-electron chi connectivity index (χ2n) is 6.83. The van der Waals surface area contributed by atoms with Gasteiger partial charge in [-0.05, 0) is 44.4 Å². The van der Waals surface area contributed by atoms with Crippen molar-refractivity contribution in [2.75, 3.05) is 16.6 Å². The zero-order valence-electron chi connectivity index (χ0n) is 14.8. The first-order chi connectivity index (χ1) is 12.4. The lowest BCUT2D eigenvalue weighted by molar-refractivity contribution is -0.129. The van der Waals surface area contributed by atoms with Gasteiger partial charge in [-0.3, -0.25) is 9.10 Å². The van der Waals surface area contributed by atoms with Crippen molar-refractivity contribution in [3.63, 3.8) is 0 Å². The molecule has 1 heterocycles. The molecular formula is C18H24N2O5S. The van der Waals surface area contributed by atoms with Gasteiger partial charge in [0.15, 0.2) is 6.10 Å². The summed E-state index contributed by atoms with van der Waals surface area (Å²) in [5, 5.41) is 2.90. The molecule has 1 aliphatic carbocycles. The lowest BCUT2D eigenvalue weighted by atomic mass is 10.2. The molecule has 1 atom stereocenters. The van der Waals surface area contributed by atoms with Crippen LogP contribution < -0.4 is 9.62 Å². The second kappa shape index (κ2) is 7.65. The number of sulfonamides is 1. The van der Waals surface area contributed by atoms with E-state index in [0.29, 0.717) is 18.7 Å². The maximum atomic E-state index is 12.4. The smallest absolute Gasteiger partial charge is 0.338 e. The first kappa shape index (κ1) is 18.7. The molecule has 1 aliphatic heterocycles. The normalized spacial score (nSPS) is 20.7. The Morgan fingerprint density at radius 3 is 2.62 bits per heavy atom. The van der Waals surface area contributed by atoms with Crippen LogP contribution in [0, 0.1) is 0 Å². The van der Waals surface area contributed by atoms with Gasteiger partial charge in [-0.25, -0.2) is 13.2 Å². The number of anilines is 1. The minimum Gasteiger partial charge on any atom is -0.449 e. The Labute approximate surface area is 153 Å². The number of nitrogens with zero attached hydrogens (tertiary/aromatic N) is 1. The van der Waals surface area contributed by atoms with Gasteiger partial charge in [-0.15, -0.1) is 0 Å². The first-order valence-electron chi connectivity index (χ1n) is 8.99. The van der Waals surface area contributed by atoms with Crippen LogP contribution in [0.5, 0.6) is 0 Å². The number of carbonyl (C=O) groups is 2. The molecule has 7 nitrogen and oxygen atoms in total. The Bertz CT molecular complexity index is 787. The number of benzene rings is 1. The molecule has 0 spiro atoms. The van der Waals surface area contributed by atoms with Crippen LogP contribution in [-0.4, -0.2) is 44.7 Å². The van der Waals surface area contributed by atoms with E-state index < -0.39 is 22.1 Å². The van der Waals surface area contributed by atoms with Crippen LogP contribution in [0.25, 0.3) is 0 Å². The Balaban J connectivity index is 1.64. The molecule has 0 radical (unpaired) electrons. The fraction of sp³-hybridized carbons (Fsp3) is 0.556. The summed E-state index contributed by atoms with van der Waals surface area (Å²) in [4.78, 5) is 24.5. The van der Waals surface area contributed by atoms with Crippen LogP contribution in [0.2, 0.25) is 0 Å². The third-order valence-corrected chi connectivity index (χ3v) is 6.69. The first-order valence-corrected chi connectivity index (χ1v) is 10.6. The molecule has 2 aliphatic rings. The van der Waals surface area contributed by atoms with E-state index in [1.165, 1.54) is 17.3 Å². The highest BCUT2D eigenvalue weighted by atomic mass is 32.2. The average Bonchev–Trinajstić information content (AvgIpc) is 3.23. The molecule has 1 unspecified atom stereocenters. The number of ether oxygens (including phenoxy) is 1. The van der Waals surface area contributed by atoms with Gasteiger partial charge < -0.3 is 10.1 Å². The molecule has 1 saturated carbocycles. The lowest BCUT2D eigenvalue weighted by Crippen LogP contribution is -2.40. The maximum Gasteiger partial charge on any atom is 0.338 e. The topological polar surface area (TPSA) is 92.8 Å². The molecule has 8 heteroatoms. The fourth-order valence-electron chi connectivity index (χ4n) is 3.39. The summed E-state index contributed by atoms with van der Waals surface area (Å²) in [7, 11) is -3.32. The predicted octanol–water partition coefficient (Wildman–Crippen LogP) is 1.83. The van der Waals surface area contributed by atoms with Gasteiger partial charge in [0.05, 0.1) is 17.0 Å². The number of nitrogens with one attached hydrogen (secondary N) is 1. The van der Waals surface area contributed by atoms with Gasteiger partial charge in [0.25, 0.3) is 5.91 Å². The number of amides is 1. The summed E-state index contributed by atoms with van der Waals surface area (Å²) < 4.78 is 30.6. The van der Waals surface area contributed by atoms with Crippen molar-refractivity contribution < 1.29 is 22.7 Å². The van der Waals surface area contributed by atoms with Crippen molar-refractivity contribution in [3.8, 4) is 0 Å². The summed E-state index contributed by atoms with van der Waals surface area (Å²) in [5.41, 5.74) is 0.671. The Morgan fingerprint density at radius 1 is 1.23 bits per heavy atom. The SMILES string of the molecule is CC(OC(=O)c1cccc(N2CCCS2(=O)=O)c1)C(=O)NC1CCCC1. The highest BCUT2D eigenvalue weighted by Crippen LogP contribution is 2.25. The summed E-state index contributed by atoms with van der Waals surface area (Å²) in [5.74, 6) is -0.832. The fourth-order valence-corrected chi connectivity index (χ4v) is 4.94. The molecule has 1 amide bonds. The van der Waals surface area contributed by atoms with Gasteiger partial charge in [0.1, 0.15) is 0 Å². The van der Waals surface area contributed by atoms with Crippen LogP contribution in [-0.2, 0) is 19.6 Å². The Kier molecular flexibility index (Phi) is 5.50. The van der Waals surface area contributed by atoms with Crippen LogP contribution in [0.1, 0.15) is 49.4 Å². The predicted molar refractivity (Wildman–Crippen MR) is 97.5 cm³/mol. The standard InChI is InChI=1S/C18H24N2O5S/c1-13(17(21)19-15-7-2-3-8-15)25-18(22)14-6-4-9-16(12-14)20-10-5-11-26(20,23)24/h4,6,9,12-13,15H,2-3,5,7-8,10-11H2,1H3,(H,19,21). The van der Waals surface area contributed by atoms with E-state index in [0.717, 1.165) is 25.7 Å². The van der Waals surface area contributed by atoms with Gasteiger partial charge >= 0.3 is 5.97 Å². The van der Waals surface area contributed by atoms with E-state index >= 15 is 0 Å². The van der Waals surface area contributed by atoms with E-state index in [4.69, 9.17) is 4.74 Å². The Morgan fingerprint density at radius 2 is 1.96 bits per heavy atom. The minimum absolute atomic E-state index is 0.111. The summed E-state index contributed by atoms with van der Waals surface area (Å²) in [6.45, 7) is 1.94. The molecule has 0 aromatic heterocycles. The third-order valence-electron chi connectivity index (χ3n) is 4.82. The number of carbonyl (C=O) groups excluding carboxylic acids is 2. The molecule has 1 saturated heterocycles. The van der Waals surface area contributed by atoms with Crippen molar-refractivity contribution in [1.29, 1.82) is 0 Å². The van der Waals surface area contributed by atoms with Gasteiger partial charge in [0.2, 0.25) is 10.0 Å². The minimum atomic E-state index is -3.32. The molecule has 3 rings (SSSR count). The van der Waals surface area contributed by atoms with E-state index in [1.807, 2.05) is 0 Å². The van der Waals surface area contributed by atoms with Crippen molar-refractivity contribution in [2.45, 2.75) is 51.2 Å². The van der Waals surface area contributed by atoms with Crippen LogP contribution >= 0.6 is 0 Å². The molecule has 142 valence electrons. The van der Waals surface area contributed by atoms with E-state index in [9.17, 15) is 18.0 Å². The van der Waals surface area contributed by atoms with Gasteiger partial charge in [0, 0.05) is 12.6 Å². The zero-order chi connectivity index (χ0) is 18.7. The van der Waals surface area contributed by atoms with Gasteiger partial charge in [-0.2, -0.15) is 0 Å². The second-order valence-corrected chi connectivity index (χ2v) is 8.84. The van der Waals surface area contributed by atoms with Crippen LogP contribution in [0.15, 0.2) is 24.3 Å². The quantitative estimate of drug-likeness (QED) is 0.787. The number of hydrogen-bond donors (Lipinski definition) is 1. The molecule has 1 N–H and O–H groups in total. The van der Waals surface area contributed by atoms with Crippen molar-refractivity contribution in [1.82, 2.24) is 5.32 Å². The summed E-state index contributed by atoms with van der Waals surface area (Å²) in [6.07, 6.45) is 3.78. The lowest BCUT2D eigenvalue weighted by Gasteiger charge is -2.19. The summed E-state index contributed by atoms with van der Waals surface area (Å²) >= 11 is 0. The monoisotopic (exact) mass is 380 g/mol. The van der Waals surface area contributed by atoms with Crippen LogP contribution in [0.3, 0.4) is 0 Å². The number of rotatable bonds is 5. The third kappa shape index (κ3) is 4.17. The molecular weight excluding hydrogens is 356 g/mol. The van der Waals surface area contributed by atoms with E-state index in [-0.39, 0.29) is 23.3 Å². The highest BCUT2D eigenvalue weighted by molar-refractivity contribution is 7.93. The zero-order valence-corrected chi connectivity index (χ0v) is 15.6. The van der Waals surface area contributed by atoms with Crippen LogP contribution in [0.4, 0.5) is 5.69 Å². The molecule has 26 heavy (non-hydrogen) atoms. The number of esters is 1. The van der Waals surface area contributed by atoms with Gasteiger partial charge in [-0.1, -0.05) is 18.9 Å². The molecule has 1 aromatic carbocycles. The Hall–Kier alpha value is -2.09. The van der Waals surface area contributed by atoms with Crippen molar-refractivity contribution >= 4 is 27.6 Å². The molecule has 2 fully saturated rings. The largest absolute Gasteiger partial charge is 0.449 e. The van der Waals surface area contributed by atoms with E-state index in [2.05, 4.69) is 5.32 Å². The number of hydrogen-bond acceptors (Lipinski definition) is 5. The van der Waals surface area contributed by atoms with E-state index in [1.54, 1.807) is 18.2 Å². The highest BCUT2D eigenvalue weighted by Gasteiger charge is 2.29. The molecule has 1 aromatic rings. The van der Waals surface area contributed by atoms with Crippen molar-refractivity contribution in [3.05, 3.63) is 29.8 Å². The summed E-state index contributed by atoms with van der Waals surface area (Å²) in [6, 6.07) is 6.47.